The van der Waals surface area contributed by atoms with E-state index in [1.165, 1.54) is 32.1 Å². The second kappa shape index (κ2) is 16.5. The molecule has 3 heteroatoms. The van der Waals surface area contributed by atoms with Crippen molar-refractivity contribution in [1.82, 2.24) is 10.6 Å². The normalized spacial score (nSPS) is 13.0. The van der Waals surface area contributed by atoms with E-state index in [9.17, 15) is 0 Å². The van der Waals surface area contributed by atoms with Crippen LogP contribution in [0.4, 0.5) is 0 Å². The van der Waals surface area contributed by atoms with Crippen LogP contribution in [0.15, 0.2) is 36.0 Å². The van der Waals surface area contributed by atoms with Gasteiger partial charge in [-0.3, -0.25) is 0 Å². The lowest BCUT2D eigenvalue weighted by molar-refractivity contribution is 0.438. The Balaban J connectivity index is 3.64. The molecule has 0 bridgehead atoms. The standard InChI is InChI=1S/C19H37N3/c1-4-10-18(17-20)13-7-8-14-21-15-9-16-22-19(11-5-2)12-6-3/h4,7-8,10,13,19,21-22H,5-6,9,11-12,14-17,20H2,1-3H3/b8-7+,10-4-,18-13+. The van der Waals surface area contributed by atoms with Crippen LogP contribution < -0.4 is 16.4 Å². The summed E-state index contributed by atoms with van der Waals surface area (Å²) in [5, 5.41) is 7.11. The molecule has 0 saturated carbocycles. The first kappa shape index (κ1) is 21.1. The van der Waals surface area contributed by atoms with Gasteiger partial charge in [-0.15, -0.1) is 0 Å². The third-order valence-electron chi connectivity index (χ3n) is 3.56. The van der Waals surface area contributed by atoms with Crippen LogP contribution in [0, 0.1) is 0 Å². The zero-order valence-corrected chi connectivity index (χ0v) is 14.9. The number of nitrogens with two attached hydrogens (primary N) is 1. The molecule has 0 aromatic carbocycles. The van der Waals surface area contributed by atoms with Crippen LogP contribution in [0.1, 0.15) is 52.9 Å². The topological polar surface area (TPSA) is 50.1 Å². The highest BCUT2D eigenvalue weighted by molar-refractivity contribution is 5.24. The molecule has 0 saturated heterocycles. The maximum Gasteiger partial charge on any atom is 0.0177 e. The molecule has 0 aromatic rings. The van der Waals surface area contributed by atoms with Gasteiger partial charge in [-0.05, 0) is 44.8 Å². The molecule has 0 unspecified atom stereocenters. The predicted octanol–water partition coefficient (Wildman–Crippen LogP) is 3.54. The van der Waals surface area contributed by atoms with E-state index in [0.29, 0.717) is 12.6 Å². The molecule has 0 atom stereocenters. The van der Waals surface area contributed by atoms with Crippen molar-refractivity contribution in [3.63, 3.8) is 0 Å². The van der Waals surface area contributed by atoms with Gasteiger partial charge in [-0.25, -0.2) is 0 Å². The molecule has 0 aliphatic carbocycles. The van der Waals surface area contributed by atoms with E-state index in [-0.39, 0.29) is 0 Å². The fourth-order valence-corrected chi connectivity index (χ4v) is 2.42. The molecule has 0 heterocycles. The van der Waals surface area contributed by atoms with E-state index in [1.807, 2.05) is 19.1 Å². The molecule has 0 spiro atoms. The highest BCUT2D eigenvalue weighted by Gasteiger charge is 2.04. The van der Waals surface area contributed by atoms with Crippen molar-refractivity contribution in [2.75, 3.05) is 26.2 Å². The predicted molar refractivity (Wildman–Crippen MR) is 100 cm³/mol. The van der Waals surface area contributed by atoms with Gasteiger partial charge < -0.3 is 16.4 Å². The van der Waals surface area contributed by atoms with Gasteiger partial charge in [0.2, 0.25) is 0 Å². The van der Waals surface area contributed by atoms with E-state index in [2.05, 4.69) is 42.7 Å². The van der Waals surface area contributed by atoms with E-state index >= 15 is 0 Å². The summed E-state index contributed by atoms with van der Waals surface area (Å²) in [4.78, 5) is 0. The summed E-state index contributed by atoms with van der Waals surface area (Å²) in [6.07, 6.45) is 16.7. The average Bonchev–Trinajstić information content (AvgIpc) is 2.52. The monoisotopic (exact) mass is 307 g/mol. The Kier molecular flexibility index (Phi) is 15.8. The van der Waals surface area contributed by atoms with Gasteiger partial charge in [-0.1, -0.05) is 57.1 Å². The molecule has 0 radical (unpaired) electrons. The highest BCUT2D eigenvalue weighted by atomic mass is 14.9. The zero-order chi connectivity index (χ0) is 16.5. The molecule has 0 aromatic heterocycles. The Morgan fingerprint density at radius 2 is 1.86 bits per heavy atom. The Bertz CT molecular complexity index is 313. The Hall–Kier alpha value is -0.900. The molecule has 128 valence electrons. The Morgan fingerprint density at radius 3 is 2.45 bits per heavy atom. The molecular formula is C19H37N3. The van der Waals surface area contributed by atoms with Crippen LogP contribution in [-0.4, -0.2) is 32.2 Å². The van der Waals surface area contributed by atoms with Crippen molar-refractivity contribution in [2.45, 2.75) is 58.9 Å². The van der Waals surface area contributed by atoms with Gasteiger partial charge in [0, 0.05) is 19.1 Å². The molecule has 0 amide bonds. The van der Waals surface area contributed by atoms with Crippen LogP contribution in [0.3, 0.4) is 0 Å². The fourth-order valence-electron chi connectivity index (χ4n) is 2.42. The first-order valence-corrected chi connectivity index (χ1v) is 8.90. The average molecular weight is 308 g/mol. The zero-order valence-electron chi connectivity index (χ0n) is 14.9. The van der Waals surface area contributed by atoms with Crippen LogP contribution in [0.25, 0.3) is 0 Å². The van der Waals surface area contributed by atoms with Crippen molar-refractivity contribution in [3.05, 3.63) is 36.0 Å². The largest absolute Gasteiger partial charge is 0.326 e. The fraction of sp³-hybridized carbons (Fsp3) is 0.684. The lowest BCUT2D eigenvalue weighted by Gasteiger charge is -2.17. The van der Waals surface area contributed by atoms with Gasteiger partial charge in [0.25, 0.3) is 0 Å². The first-order valence-electron chi connectivity index (χ1n) is 8.90. The molecule has 0 fully saturated rings. The SMILES string of the molecule is C\C=C/C(=C\C=C\CNCCCNC(CCC)CCC)CN. The van der Waals surface area contributed by atoms with Crippen LogP contribution in [0.5, 0.6) is 0 Å². The van der Waals surface area contributed by atoms with Crippen molar-refractivity contribution in [2.24, 2.45) is 5.73 Å². The molecule has 0 aliphatic rings. The Morgan fingerprint density at radius 1 is 1.14 bits per heavy atom. The summed E-state index contributed by atoms with van der Waals surface area (Å²) < 4.78 is 0. The minimum atomic E-state index is 0.588. The molecule has 0 rings (SSSR count). The van der Waals surface area contributed by atoms with E-state index < -0.39 is 0 Å². The summed E-state index contributed by atoms with van der Waals surface area (Å²) >= 11 is 0. The number of hydrogen-bond donors (Lipinski definition) is 3. The number of nitrogens with one attached hydrogen (secondary N) is 2. The minimum Gasteiger partial charge on any atom is -0.326 e. The number of hydrogen-bond acceptors (Lipinski definition) is 3. The van der Waals surface area contributed by atoms with Crippen molar-refractivity contribution in [1.29, 1.82) is 0 Å². The van der Waals surface area contributed by atoms with Crippen LogP contribution in [0.2, 0.25) is 0 Å². The smallest absolute Gasteiger partial charge is 0.0177 e. The number of allylic oxidation sites excluding steroid dienone is 3. The third-order valence-corrected chi connectivity index (χ3v) is 3.56. The van der Waals surface area contributed by atoms with Crippen molar-refractivity contribution in [3.8, 4) is 0 Å². The van der Waals surface area contributed by atoms with Crippen molar-refractivity contribution >= 4 is 0 Å². The van der Waals surface area contributed by atoms with Crippen LogP contribution in [-0.2, 0) is 0 Å². The quantitative estimate of drug-likeness (QED) is 0.340. The number of rotatable bonds is 14. The molecule has 0 aliphatic heterocycles. The first-order chi connectivity index (χ1) is 10.8. The molecular weight excluding hydrogens is 270 g/mol. The van der Waals surface area contributed by atoms with E-state index in [0.717, 1.165) is 25.2 Å². The maximum atomic E-state index is 5.65. The summed E-state index contributed by atoms with van der Waals surface area (Å²) in [6, 6.07) is 0.710. The maximum absolute atomic E-state index is 5.65. The summed E-state index contributed by atoms with van der Waals surface area (Å²) in [5.74, 6) is 0. The van der Waals surface area contributed by atoms with E-state index in [4.69, 9.17) is 5.73 Å². The summed E-state index contributed by atoms with van der Waals surface area (Å²) in [5.41, 5.74) is 6.80. The van der Waals surface area contributed by atoms with Crippen molar-refractivity contribution < 1.29 is 0 Å². The van der Waals surface area contributed by atoms with Crippen LogP contribution >= 0.6 is 0 Å². The summed E-state index contributed by atoms with van der Waals surface area (Å²) in [7, 11) is 0. The van der Waals surface area contributed by atoms with Gasteiger partial charge in [0.1, 0.15) is 0 Å². The second-order valence-corrected chi connectivity index (χ2v) is 5.66. The van der Waals surface area contributed by atoms with Gasteiger partial charge >= 0.3 is 0 Å². The van der Waals surface area contributed by atoms with Gasteiger partial charge in [0.05, 0.1) is 0 Å². The minimum absolute atomic E-state index is 0.588. The van der Waals surface area contributed by atoms with Gasteiger partial charge in [0.15, 0.2) is 0 Å². The lowest BCUT2D eigenvalue weighted by Crippen LogP contribution is -2.31. The molecule has 3 nitrogen and oxygen atoms in total. The Labute approximate surface area is 138 Å². The van der Waals surface area contributed by atoms with Gasteiger partial charge in [-0.2, -0.15) is 0 Å². The summed E-state index contributed by atoms with van der Waals surface area (Å²) in [6.45, 7) is 10.2. The second-order valence-electron chi connectivity index (χ2n) is 5.66. The van der Waals surface area contributed by atoms with E-state index in [1.54, 1.807) is 0 Å². The molecule has 22 heavy (non-hydrogen) atoms. The third kappa shape index (κ3) is 12.8. The highest BCUT2D eigenvalue weighted by Crippen LogP contribution is 2.04. The molecule has 4 N–H and O–H groups in total. The lowest BCUT2D eigenvalue weighted by atomic mass is 10.1.